The van der Waals surface area contributed by atoms with E-state index in [2.05, 4.69) is 5.32 Å². The molecular formula is C16H13F2NO3. The first-order valence-corrected chi connectivity index (χ1v) is 6.45. The maximum Gasteiger partial charge on any atom is 0.341 e. The molecule has 0 aliphatic rings. The van der Waals surface area contributed by atoms with Crippen LogP contribution in [0.3, 0.4) is 0 Å². The number of carbonyl (C=O) groups excluding carboxylic acids is 2. The maximum absolute atomic E-state index is 13.4. The van der Waals surface area contributed by atoms with E-state index in [1.165, 1.54) is 30.3 Å². The molecule has 0 atom stereocenters. The Balaban J connectivity index is 1.91. The lowest BCUT2D eigenvalue weighted by molar-refractivity contribution is -0.119. The van der Waals surface area contributed by atoms with Gasteiger partial charge in [0.1, 0.15) is 11.6 Å². The number of anilines is 1. The van der Waals surface area contributed by atoms with Crippen molar-refractivity contribution in [2.75, 3.05) is 11.9 Å². The summed E-state index contributed by atoms with van der Waals surface area (Å²) in [6, 6.07) is 9.48. The summed E-state index contributed by atoms with van der Waals surface area (Å²) in [7, 11) is 0. The predicted octanol–water partition coefficient (Wildman–Crippen LogP) is 3.07. The van der Waals surface area contributed by atoms with E-state index in [1.54, 1.807) is 6.92 Å². The van der Waals surface area contributed by atoms with E-state index in [1.807, 2.05) is 0 Å². The third-order valence-electron chi connectivity index (χ3n) is 2.88. The SMILES string of the molecule is Cc1ccc(NC(=O)COC(=O)c2ccccc2F)cc1F. The van der Waals surface area contributed by atoms with Crippen LogP contribution in [0, 0.1) is 18.6 Å². The summed E-state index contributed by atoms with van der Waals surface area (Å²) in [4.78, 5) is 23.2. The molecule has 6 heteroatoms. The average Bonchev–Trinajstić information content (AvgIpc) is 2.49. The van der Waals surface area contributed by atoms with E-state index in [0.717, 1.165) is 12.1 Å². The number of nitrogens with one attached hydrogen (secondary N) is 1. The fourth-order valence-electron chi connectivity index (χ4n) is 1.70. The van der Waals surface area contributed by atoms with Crippen LogP contribution in [0.25, 0.3) is 0 Å². The van der Waals surface area contributed by atoms with Crippen LogP contribution >= 0.6 is 0 Å². The second-order valence-corrected chi connectivity index (χ2v) is 4.57. The second-order valence-electron chi connectivity index (χ2n) is 4.57. The molecule has 114 valence electrons. The van der Waals surface area contributed by atoms with E-state index in [0.29, 0.717) is 5.56 Å². The van der Waals surface area contributed by atoms with Crippen molar-refractivity contribution in [2.45, 2.75) is 6.92 Å². The molecule has 0 heterocycles. The molecule has 0 fully saturated rings. The summed E-state index contributed by atoms with van der Waals surface area (Å²) >= 11 is 0. The van der Waals surface area contributed by atoms with E-state index in [9.17, 15) is 18.4 Å². The second kappa shape index (κ2) is 6.80. The summed E-state index contributed by atoms with van der Waals surface area (Å²) in [6.45, 7) is 1.000. The summed E-state index contributed by atoms with van der Waals surface area (Å²) in [6.07, 6.45) is 0. The highest BCUT2D eigenvalue weighted by atomic mass is 19.1. The fourth-order valence-corrected chi connectivity index (χ4v) is 1.70. The van der Waals surface area contributed by atoms with Crippen molar-refractivity contribution in [1.29, 1.82) is 0 Å². The summed E-state index contributed by atoms with van der Waals surface area (Å²) in [5, 5.41) is 2.38. The van der Waals surface area contributed by atoms with Gasteiger partial charge in [0.2, 0.25) is 0 Å². The number of benzene rings is 2. The van der Waals surface area contributed by atoms with Gasteiger partial charge in [-0.25, -0.2) is 13.6 Å². The normalized spacial score (nSPS) is 10.1. The summed E-state index contributed by atoms with van der Waals surface area (Å²) in [5.41, 5.74) is 0.440. The number of amides is 1. The van der Waals surface area contributed by atoms with Gasteiger partial charge < -0.3 is 10.1 Å². The van der Waals surface area contributed by atoms with Crippen LogP contribution in [0.4, 0.5) is 14.5 Å². The van der Waals surface area contributed by atoms with Gasteiger partial charge in [0.05, 0.1) is 5.56 Å². The van der Waals surface area contributed by atoms with Gasteiger partial charge in [-0.1, -0.05) is 18.2 Å². The van der Waals surface area contributed by atoms with Crippen LogP contribution in [0.1, 0.15) is 15.9 Å². The van der Waals surface area contributed by atoms with Gasteiger partial charge in [0.15, 0.2) is 6.61 Å². The molecule has 0 unspecified atom stereocenters. The Hall–Kier alpha value is -2.76. The Bertz CT molecular complexity index is 716. The number of aryl methyl sites for hydroxylation is 1. The molecule has 0 spiro atoms. The number of rotatable bonds is 4. The molecule has 0 saturated carbocycles. The van der Waals surface area contributed by atoms with Crippen molar-refractivity contribution in [3.8, 4) is 0 Å². The Morgan fingerprint density at radius 1 is 1.09 bits per heavy atom. The molecular weight excluding hydrogens is 292 g/mol. The molecule has 0 radical (unpaired) electrons. The topological polar surface area (TPSA) is 55.4 Å². The average molecular weight is 305 g/mol. The first-order chi connectivity index (χ1) is 10.5. The lowest BCUT2D eigenvalue weighted by Gasteiger charge is -2.07. The maximum atomic E-state index is 13.4. The Morgan fingerprint density at radius 2 is 1.82 bits per heavy atom. The van der Waals surface area contributed by atoms with Crippen molar-refractivity contribution in [3.05, 3.63) is 65.2 Å². The van der Waals surface area contributed by atoms with Crippen molar-refractivity contribution in [2.24, 2.45) is 0 Å². The van der Waals surface area contributed by atoms with E-state index in [-0.39, 0.29) is 11.3 Å². The molecule has 0 aliphatic heterocycles. The smallest absolute Gasteiger partial charge is 0.341 e. The number of hydrogen-bond acceptors (Lipinski definition) is 3. The molecule has 0 bridgehead atoms. The van der Waals surface area contributed by atoms with Crippen LogP contribution in [0.15, 0.2) is 42.5 Å². The summed E-state index contributed by atoms with van der Waals surface area (Å²) < 4.78 is 31.4. The Kier molecular flexibility index (Phi) is 4.83. The lowest BCUT2D eigenvalue weighted by Crippen LogP contribution is -2.21. The van der Waals surface area contributed by atoms with Crippen molar-refractivity contribution in [1.82, 2.24) is 0 Å². The number of halogens is 2. The highest BCUT2D eigenvalue weighted by Crippen LogP contribution is 2.13. The van der Waals surface area contributed by atoms with Crippen LogP contribution < -0.4 is 5.32 Å². The Morgan fingerprint density at radius 3 is 2.50 bits per heavy atom. The molecule has 1 N–H and O–H groups in total. The molecule has 2 rings (SSSR count). The minimum atomic E-state index is -0.941. The predicted molar refractivity (Wildman–Crippen MR) is 76.4 cm³/mol. The molecule has 1 amide bonds. The van der Waals surface area contributed by atoms with Gasteiger partial charge in [-0.15, -0.1) is 0 Å². The monoisotopic (exact) mass is 305 g/mol. The van der Waals surface area contributed by atoms with Gasteiger partial charge >= 0.3 is 5.97 Å². The number of esters is 1. The third kappa shape index (κ3) is 3.88. The molecule has 0 saturated heterocycles. The van der Waals surface area contributed by atoms with Crippen LogP contribution in [0.2, 0.25) is 0 Å². The van der Waals surface area contributed by atoms with E-state index < -0.39 is 30.1 Å². The van der Waals surface area contributed by atoms with E-state index in [4.69, 9.17) is 4.74 Å². The first-order valence-electron chi connectivity index (χ1n) is 6.45. The zero-order valence-corrected chi connectivity index (χ0v) is 11.7. The largest absolute Gasteiger partial charge is 0.452 e. The van der Waals surface area contributed by atoms with Gasteiger partial charge in [-0.2, -0.15) is 0 Å². The third-order valence-corrected chi connectivity index (χ3v) is 2.88. The summed E-state index contributed by atoms with van der Waals surface area (Å²) in [5.74, 6) is -2.77. The number of ether oxygens (including phenoxy) is 1. The fraction of sp³-hybridized carbons (Fsp3) is 0.125. The standard InChI is InChI=1S/C16H13F2NO3/c1-10-6-7-11(8-14(10)18)19-15(20)9-22-16(21)12-4-2-3-5-13(12)17/h2-8H,9H2,1H3,(H,19,20). The van der Waals surface area contributed by atoms with Crippen molar-refractivity contribution < 1.29 is 23.1 Å². The highest BCUT2D eigenvalue weighted by Gasteiger charge is 2.14. The van der Waals surface area contributed by atoms with Gasteiger partial charge in [-0.3, -0.25) is 4.79 Å². The number of hydrogen-bond donors (Lipinski definition) is 1. The minimum Gasteiger partial charge on any atom is -0.452 e. The quantitative estimate of drug-likeness (QED) is 0.883. The molecule has 0 aromatic heterocycles. The van der Waals surface area contributed by atoms with Crippen LogP contribution in [-0.2, 0) is 9.53 Å². The van der Waals surface area contributed by atoms with Crippen LogP contribution in [-0.4, -0.2) is 18.5 Å². The molecule has 2 aromatic rings. The number of carbonyl (C=O) groups is 2. The zero-order valence-electron chi connectivity index (χ0n) is 11.7. The molecule has 22 heavy (non-hydrogen) atoms. The molecule has 4 nitrogen and oxygen atoms in total. The first kappa shape index (κ1) is 15.6. The minimum absolute atomic E-state index is 0.245. The zero-order chi connectivity index (χ0) is 16.1. The Labute approximate surface area is 125 Å². The van der Waals surface area contributed by atoms with Crippen molar-refractivity contribution >= 4 is 17.6 Å². The van der Waals surface area contributed by atoms with Crippen LogP contribution in [0.5, 0.6) is 0 Å². The molecule has 0 aliphatic carbocycles. The van der Waals surface area contributed by atoms with Gasteiger partial charge in [0.25, 0.3) is 5.91 Å². The van der Waals surface area contributed by atoms with Crippen molar-refractivity contribution in [3.63, 3.8) is 0 Å². The van der Waals surface area contributed by atoms with Gasteiger partial charge in [-0.05, 0) is 36.8 Å². The lowest BCUT2D eigenvalue weighted by atomic mass is 10.2. The van der Waals surface area contributed by atoms with E-state index >= 15 is 0 Å². The highest BCUT2D eigenvalue weighted by molar-refractivity contribution is 5.95. The van der Waals surface area contributed by atoms with Gasteiger partial charge in [0, 0.05) is 5.69 Å². The molecule has 2 aromatic carbocycles.